The highest BCUT2D eigenvalue weighted by atomic mass is 19.1. The molecule has 112 valence electrons. The van der Waals surface area contributed by atoms with Crippen LogP contribution in [0.4, 0.5) is 4.39 Å². The van der Waals surface area contributed by atoms with Crippen molar-refractivity contribution in [2.45, 2.75) is 19.8 Å². The second kappa shape index (κ2) is 5.76. The lowest BCUT2D eigenvalue weighted by Gasteiger charge is -2.10. The molecule has 2 aromatic carbocycles. The molecule has 0 spiro atoms. The van der Waals surface area contributed by atoms with E-state index in [0.717, 1.165) is 22.6 Å². The summed E-state index contributed by atoms with van der Waals surface area (Å²) in [7, 11) is 1.93. The van der Waals surface area contributed by atoms with Crippen molar-refractivity contribution in [1.29, 1.82) is 0 Å². The minimum Gasteiger partial charge on any atom is -0.331 e. The molecule has 0 bridgehead atoms. The zero-order chi connectivity index (χ0) is 15.7. The van der Waals surface area contributed by atoms with Gasteiger partial charge in [0.05, 0.1) is 11.9 Å². The van der Waals surface area contributed by atoms with Crippen molar-refractivity contribution in [2.75, 3.05) is 0 Å². The topological polar surface area (TPSA) is 17.8 Å². The van der Waals surface area contributed by atoms with Gasteiger partial charge in [0.1, 0.15) is 11.6 Å². The molecule has 0 atom stereocenters. The first-order valence-corrected chi connectivity index (χ1v) is 7.45. The highest BCUT2D eigenvalue weighted by Crippen LogP contribution is 2.29. The summed E-state index contributed by atoms with van der Waals surface area (Å²) >= 11 is 0. The minimum absolute atomic E-state index is 0.223. The molecule has 0 aliphatic heterocycles. The summed E-state index contributed by atoms with van der Waals surface area (Å²) in [5, 5.41) is 0. The largest absolute Gasteiger partial charge is 0.331 e. The summed E-state index contributed by atoms with van der Waals surface area (Å²) in [6.07, 6.45) is 1.75. The van der Waals surface area contributed by atoms with E-state index in [-0.39, 0.29) is 5.82 Å². The number of hydrogen-bond acceptors (Lipinski definition) is 1. The number of nitrogens with zero attached hydrogens (tertiary/aromatic N) is 2. The minimum atomic E-state index is -0.223. The van der Waals surface area contributed by atoms with Gasteiger partial charge in [-0.3, -0.25) is 0 Å². The van der Waals surface area contributed by atoms with Crippen molar-refractivity contribution in [3.63, 3.8) is 0 Å². The van der Waals surface area contributed by atoms with Gasteiger partial charge in [-0.1, -0.05) is 50.2 Å². The highest BCUT2D eigenvalue weighted by molar-refractivity contribution is 5.69. The molecule has 0 fully saturated rings. The number of halogens is 1. The van der Waals surface area contributed by atoms with Crippen LogP contribution in [-0.2, 0) is 7.05 Å². The SMILES string of the molecule is CC(C)c1ncc(-c2ccc(-c3ccccc3)cc2F)n1C. The van der Waals surface area contributed by atoms with Crippen LogP contribution in [0, 0.1) is 5.82 Å². The Morgan fingerprint density at radius 2 is 1.73 bits per heavy atom. The van der Waals surface area contributed by atoms with Gasteiger partial charge >= 0.3 is 0 Å². The second-order valence-corrected chi connectivity index (χ2v) is 5.78. The van der Waals surface area contributed by atoms with Gasteiger partial charge in [0, 0.05) is 18.5 Å². The standard InChI is InChI=1S/C19H19FN2/c1-13(2)19-21-12-18(22(19)3)16-10-9-15(11-17(16)20)14-7-5-4-6-8-14/h4-13H,1-3H3. The average Bonchev–Trinajstić information content (AvgIpc) is 2.90. The Morgan fingerprint density at radius 1 is 1.00 bits per heavy atom. The monoisotopic (exact) mass is 294 g/mol. The predicted molar refractivity (Wildman–Crippen MR) is 88.1 cm³/mol. The summed E-state index contributed by atoms with van der Waals surface area (Å²) in [5.74, 6) is 1.05. The third-order valence-corrected chi connectivity index (χ3v) is 3.89. The van der Waals surface area contributed by atoms with E-state index >= 15 is 0 Å². The number of imidazole rings is 1. The second-order valence-electron chi connectivity index (χ2n) is 5.78. The molecule has 1 aromatic heterocycles. The van der Waals surface area contributed by atoms with Crippen LogP contribution in [0.3, 0.4) is 0 Å². The van der Waals surface area contributed by atoms with Gasteiger partial charge in [0.25, 0.3) is 0 Å². The van der Waals surface area contributed by atoms with Gasteiger partial charge in [0.2, 0.25) is 0 Å². The molecule has 0 saturated heterocycles. The Balaban J connectivity index is 2.03. The lowest BCUT2D eigenvalue weighted by atomic mass is 10.0. The first-order valence-electron chi connectivity index (χ1n) is 7.45. The Hall–Kier alpha value is -2.42. The molecule has 0 aliphatic rings. The van der Waals surface area contributed by atoms with Crippen LogP contribution in [0.1, 0.15) is 25.6 Å². The normalized spacial score (nSPS) is 11.1. The molecular formula is C19H19FN2. The highest BCUT2D eigenvalue weighted by Gasteiger charge is 2.14. The van der Waals surface area contributed by atoms with Crippen LogP contribution in [0.15, 0.2) is 54.7 Å². The number of aromatic nitrogens is 2. The maximum Gasteiger partial charge on any atom is 0.133 e. The van der Waals surface area contributed by atoms with Crippen LogP contribution in [0.2, 0.25) is 0 Å². The zero-order valence-electron chi connectivity index (χ0n) is 13.0. The number of rotatable bonds is 3. The van der Waals surface area contributed by atoms with Crippen LogP contribution < -0.4 is 0 Å². The summed E-state index contributed by atoms with van der Waals surface area (Å²) in [5.41, 5.74) is 3.29. The average molecular weight is 294 g/mol. The fourth-order valence-electron chi connectivity index (χ4n) is 2.74. The molecule has 0 radical (unpaired) electrons. The van der Waals surface area contributed by atoms with Crippen molar-refractivity contribution in [3.8, 4) is 22.4 Å². The van der Waals surface area contributed by atoms with Crippen LogP contribution in [0.5, 0.6) is 0 Å². The van der Waals surface area contributed by atoms with Gasteiger partial charge < -0.3 is 4.57 Å². The molecule has 3 rings (SSSR count). The lowest BCUT2D eigenvalue weighted by molar-refractivity contribution is 0.629. The van der Waals surface area contributed by atoms with Crippen molar-refractivity contribution >= 4 is 0 Å². The summed E-state index contributed by atoms with van der Waals surface area (Å²) in [6, 6.07) is 15.2. The van der Waals surface area contributed by atoms with E-state index < -0.39 is 0 Å². The Labute approximate surface area is 130 Å². The Morgan fingerprint density at radius 3 is 2.32 bits per heavy atom. The van der Waals surface area contributed by atoms with Gasteiger partial charge in [-0.2, -0.15) is 0 Å². The summed E-state index contributed by atoms with van der Waals surface area (Å²) in [6.45, 7) is 4.17. The first-order chi connectivity index (χ1) is 10.6. The molecular weight excluding hydrogens is 275 g/mol. The van der Waals surface area contributed by atoms with Gasteiger partial charge in [-0.05, 0) is 23.3 Å². The number of benzene rings is 2. The maximum atomic E-state index is 14.6. The molecule has 0 N–H and O–H groups in total. The third-order valence-electron chi connectivity index (χ3n) is 3.89. The van der Waals surface area contributed by atoms with Crippen molar-refractivity contribution < 1.29 is 4.39 Å². The van der Waals surface area contributed by atoms with Crippen molar-refractivity contribution in [2.24, 2.45) is 7.05 Å². The fourth-order valence-corrected chi connectivity index (χ4v) is 2.74. The number of hydrogen-bond donors (Lipinski definition) is 0. The molecule has 0 aliphatic carbocycles. The summed E-state index contributed by atoms with van der Waals surface area (Å²) in [4.78, 5) is 4.41. The lowest BCUT2D eigenvalue weighted by Crippen LogP contribution is -2.02. The fraction of sp³-hybridized carbons (Fsp3) is 0.211. The van der Waals surface area contributed by atoms with Crippen molar-refractivity contribution in [3.05, 3.63) is 66.4 Å². The van der Waals surface area contributed by atoms with Gasteiger partial charge in [-0.15, -0.1) is 0 Å². The van der Waals surface area contributed by atoms with Crippen LogP contribution in [-0.4, -0.2) is 9.55 Å². The van der Waals surface area contributed by atoms with E-state index in [2.05, 4.69) is 18.8 Å². The maximum absolute atomic E-state index is 14.6. The van der Waals surface area contributed by atoms with Gasteiger partial charge in [-0.25, -0.2) is 9.37 Å². The molecule has 1 heterocycles. The zero-order valence-corrected chi connectivity index (χ0v) is 13.0. The van der Waals surface area contributed by atoms with Crippen LogP contribution in [0.25, 0.3) is 22.4 Å². The quantitative estimate of drug-likeness (QED) is 0.663. The molecule has 22 heavy (non-hydrogen) atoms. The molecule has 3 heteroatoms. The van der Waals surface area contributed by atoms with E-state index in [9.17, 15) is 4.39 Å². The van der Waals surface area contributed by atoms with E-state index in [0.29, 0.717) is 11.5 Å². The van der Waals surface area contributed by atoms with E-state index in [1.807, 2.05) is 54.1 Å². The van der Waals surface area contributed by atoms with E-state index in [1.165, 1.54) is 0 Å². The smallest absolute Gasteiger partial charge is 0.133 e. The first kappa shape index (κ1) is 14.5. The van der Waals surface area contributed by atoms with Crippen LogP contribution >= 0.6 is 0 Å². The predicted octanol–water partition coefficient (Wildman–Crippen LogP) is 5.02. The van der Waals surface area contributed by atoms with Gasteiger partial charge in [0.15, 0.2) is 0 Å². The molecule has 0 unspecified atom stereocenters. The molecule has 3 aromatic rings. The van der Waals surface area contributed by atoms with E-state index in [4.69, 9.17) is 0 Å². The third kappa shape index (κ3) is 2.54. The Kier molecular flexibility index (Phi) is 3.80. The molecule has 0 amide bonds. The molecule has 0 saturated carbocycles. The summed E-state index contributed by atoms with van der Waals surface area (Å²) < 4.78 is 16.5. The van der Waals surface area contributed by atoms with E-state index in [1.54, 1.807) is 12.3 Å². The molecule has 2 nitrogen and oxygen atoms in total. The Bertz CT molecular complexity index is 788. The van der Waals surface area contributed by atoms with Crippen molar-refractivity contribution in [1.82, 2.24) is 9.55 Å².